The molecule has 1 unspecified atom stereocenters. The van der Waals surface area contributed by atoms with Crippen LogP contribution in [-0.4, -0.2) is 56.7 Å². The lowest BCUT2D eigenvalue weighted by atomic mass is 9.95. The van der Waals surface area contributed by atoms with Gasteiger partial charge in [0.05, 0.1) is 20.3 Å². The van der Waals surface area contributed by atoms with Crippen molar-refractivity contribution in [2.75, 3.05) is 32.7 Å². The molecule has 0 spiro atoms. The summed E-state index contributed by atoms with van der Waals surface area (Å²) in [6.07, 6.45) is 6.03. The average Bonchev–Trinajstić information content (AvgIpc) is 3.07. The van der Waals surface area contributed by atoms with Crippen LogP contribution >= 0.6 is 0 Å². The molecule has 1 heterocycles. The third kappa shape index (κ3) is 4.28. The molecule has 1 aromatic carbocycles. The predicted molar refractivity (Wildman–Crippen MR) is 103 cm³/mol. The van der Waals surface area contributed by atoms with E-state index in [9.17, 15) is 9.59 Å². The summed E-state index contributed by atoms with van der Waals surface area (Å²) in [6.45, 7) is 0.457. The van der Waals surface area contributed by atoms with Crippen molar-refractivity contribution in [1.82, 2.24) is 10.2 Å². The second kappa shape index (κ2) is 8.50. The number of urea groups is 1. The fourth-order valence-corrected chi connectivity index (χ4v) is 3.96. The van der Waals surface area contributed by atoms with Crippen LogP contribution in [0.2, 0.25) is 0 Å². The SMILES string of the molecule is COc1ccc(N2CC(NC(=O)N(C)C3CCCCC3)CC2=O)cc1OC. The van der Waals surface area contributed by atoms with Crippen molar-refractivity contribution in [2.45, 2.75) is 50.6 Å². The summed E-state index contributed by atoms with van der Waals surface area (Å²) in [5.74, 6) is 1.19. The molecule has 0 radical (unpaired) electrons. The molecule has 2 aliphatic rings. The van der Waals surface area contributed by atoms with Gasteiger partial charge in [-0.3, -0.25) is 4.79 Å². The number of carbonyl (C=O) groups excluding carboxylic acids is 2. The Morgan fingerprint density at radius 2 is 1.85 bits per heavy atom. The van der Waals surface area contributed by atoms with Crippen LogP contribution in [0.5, 0.6) is 11.5 Å². The molecule has 27 heavy (non-hydrogen) atoms. The van der Waals surface area contributed by atoms with E-state index in [2.05, 4.69) is 5.32 Å². The van der Waals surface area contributed by atoms with Crippen LogP contribution in [0.3, 0.4) is 0 Å². The first-order valence-electron chi connectivity index (χ1n) is 9.59. The number of hydrogen-bond donors (Lipinski definition) is 1. The summed E-state index contributed by atoms with van der Waals surface area (Å²) < 4.78 is 10.6. The highest BCUT2D eigenvalue weighted by Gasteiger charge is 2.33. The minimum absolute atomic E-state index is 0.00663. The summed E-state index contributed by atoms with van der Waals surface area (Å²) >= 11 is 0. The van der Waals surface area contributed by atoms with E-state index >= 15 is 0 Å². The van der Waals surface area contributed by atoms with E-state index in [0.717, 1.165) is 18.5 Å². The molecule has 1 saturated heterocycles. The van der Waals surface area contributed by atoms with Gasteiger partial charge in [0.25, 0.3) is 0 Å². The molecular formula is C20H29N3O4. The third-order valence-electron chi connectivity index (χ3n) is 5.57. The molecule has 1 N–H and O–H groups in total. The zero-order chi connectivity index (χ0) is 19.4. The van der Waals surface area contributed by atoms with E-state index in [1.807, 2.05) is 18.0 Å². The summed E-state index contributed by atoms with van der Waals surface area (Å²) in [5.41, 5.74) is 0.745. The highest BCUT2D eigenvalue weighted by atomic mass is 16.5. The molecule has 1 atom stereocenters. The van der Waals surface area contributed by atoms with Crippen molar-refractivity contribution in [3.05, 3.63) is 18.2 Å². The van der Waals surface area contributed by atoms with E-state index in [0.29, 0.717) is 30.5 Å². The number of nitrogens with one attached hydrogen (secondary N) is 1. The minimum atomic E-state index is -0.191. The maximum atomic E-state index is 12.6. The van der Waals surface area contributed by atoms with Crippen molar-refractivity contribution < 1.29 is 19.1 Å². The van der Waals surface area contributed by atoms with Gasteiger partial charge in [0.1, 0.15) is 0 Å². The Kier molecular flexibility index (Phi) is 6.08. The van der Waals surface area contributed by atoms with Gasteiger partial charge in [0.15, 0.2) is 11.5 Å². The lowest BCUT2D eigenvalue weighted by Gasteiger charge is -2.32. The summed E-state index contributed by atoms with van der Waals surface area (Å²) in [4.78, 5) is 28.6. The predicted octanol–water partition coefficient (Wildman–Crippen LogP) is 2.78. The van der Waals surface area contributed by atoms with Gasteiger partial charge in [-0.05, 0) is 25.0 Å². The van der Waals surface area contributed by atoms with Gasteiger partial charge in [0, 0.05) is 37.8 Å². The number of rotatable bonds is 5. The molecule has 7 heteroatoms. The maximum Gasteiger partial charge on any atom is 0.317 e. The topological polar surface area (TPSA) is 71.1 Å². The Balaban J connectivity index is 1.62. The largest absolute Gasteiger partial charge is 0.493 e. The van der Waals surface area contributed by atoms with Crippen molar-refractivity contribution >= 4 is 17.6 Å². The molecule has 148 valence electrons. The molecule has 3 rings (SSSR count). The second-order valence-corrected chi connectivity index (χ2v) is 7.30. The van der Waals surface area contributed by atoms with E-state index in [-0.39, 0.29) is 18.0 Å². The molecule has 0 aromatic heterocycles. The highest BCUT2D eigenvalue weighted by molar-refractivity contribution is 5.97. The van der Waals surface area contributed by atoms with Crippen LogP contribution < -0.4 is 19.7 Å². The first-order chi connectivity index (χ1) is 13.0. The minimum Gasteiger partial charge on any atom is -0.493 e. The molecule has 7 nitrogen and oxygen atoms in total. The number of benzene rings is 1. The Hall–Kier alpha value is -2.44. The van der Waals surface area contributed by atoms with Crippen molar-refractivity contribution in [3.63, 3.8) is 0 Å². The van der Waals surface area contributed by atoms with Crippen LogP contribution in [0, 0.1) is 0 Å². The summed E-state index contributed by atoms with van der Waals surface area (Å²) in [6, 6.07) is 5.42. The Morgan fingerprint density at radius 3 is 2.52 bits per heavy atom. The van der Waals surface area contributed by atoms with Gasteiger partial charge in [-0.1, -0.05) is 19.3 Å². The number of carbonyl (C=O) groups is 2. The number of hydrogen-bond acceptors (Lipinski definition) is 4. The van der Waals surface area contributed by atoms with Gasteiger partial charge in [0.2, 0.25) is 5.91 Å². The van der Waals surface area contributed by atoms with Gasteiger partial charge >= 0.3 is 6.03 Å². The number of ether oxygens (including phenoxy) is 2. The van der Waals surface area contributed by atoms with E-state index in [4.69, 9.17) is 9.47 Å². The lowest BCUT2D eigenvalue weighted by Crippen LogP contribution is -2.48. The Morgan fingerprint density at radius 1 is 1.15 bits per heavy atom. The Labute approximate surface area is 160 Å². The van der Waals surface area contributed by atoms with Crippen LogP contribution in [0.4, 0.5) is 10.5 Å². The molecule has 0 bridgehead atoms. The van der Waals surface area contributed by atoms with Crippen molar-refractivity contribution in [2.24, 2.45) is 0 Å². The van der Waals surface area contributed by atoms with Crippen LogP contribution in [0.25, 0.3) is 0 Å². The monoisotopic (exact) mass is 375 g/mol. The van der Waals surface area contributed by atoms with Crippen LogP contribution in [0.15, 0.2) is 18.2 Å². The van der Waals surface area contributed by atoms with Gasteiger partial charge in [-0.2, -0.15) is 0 Å². The molecule has 3 amide bonds. The quantitative estimate of drug-likeness (QED) is 0.859. The molecule has 1 saturated carbocycles. The standard InChI is InChI=1S/C20H29N3O4/c1-22(15-7-5-4-6-8-15)20(25)21-14-11-19(24)23(13-14)16-9-10-17(26-2)18(12-16)27-3/h9-10,12,14-15H,4-8,11,13H2,1-3H3,(H,21,25). The molecule has 2 fully saturated rings. The number of methoxy groups -OCH3 is 2. The fourth-order valence-electron chi connectivity index (χ4n) is 3.96. The molecular weight excluding hydrogens is 346 g/mol. The van der Waals surface area contributed by atoms with E-state index < -0.39 is 0 Å². The fraction of sp³-hybridized carbons (Fsp3) is 0.600. The molecule has 1 aliphatic heterocycles. The lowest BCUT2D eigenvalue weighted by molar-refractivity contribution is -0.117. The molecule has 1 aromatic rings. The van der Waals surface area contributed by atoms with Crippen LogP contribution in [-0.2, 0) is 4.79 Å². The highest BCUT2D eigenvalue weighted by Crippen LogP contribution is 2.33. The van der Waals surface area contributed by atoms with E-state index in [1.54, 1.807) is 31.3 Å². The Bertz CT molecular complexity index is 688. The average molecular weight is 375 g/mol. The van der Waals surface area contributed by atoms with Crippen LogP contribution in [0.1, 0.15) is 38.5 Å². The van der Waals surface area contributed by atoms with Gasteiger partial charge in [-0.25, -0.2) is 4.79 Å². The zero-order valence-electron chi connectivity index (χ0n) is 16.4. The smallest absolute Gasteiger partial charge is 0.317 e. The first-order valence-corrected chi connectivity index (χ1v) is 9.59. The van der Waals surface area contributed by atoms with Crippen molar-refractivity contribution in [1.29, 1.82) is 0 Å². The molecule has 1 aliphatic carbocycles. The normalized spacial score (nSPS) is 20.5. The van der Waals surface area contributed by atoms with E-state index in [1.165, 1.54) is 19.3 Å². The second-order valence-electron chi connectivity index (χ2n) is 7.30. The first kappa shape index (κ1) is 19.3. The summed E-state index contributed by atoms with van der Waals surface area (Å²) in [5, 5.41) is 3.03. The van der Waals surface area contributed by atoms with Gasteiger partial charge in [-0.15, -0.1) is 0 Å². The van der Waals surface area contributed by atoms with Crippen molar-refractivity contribution in [3.8, 4) is 11.5 Å². The summed E-state index contributed by atoms with van der Waals surface area (Å²) in [7, 11) is 5.00. The number of amides is 3. The van der Waals surface area contributed by atoms with Gasteiger partial charge < -0.3 is 24.6 Å². The number of anilines is 1. The zero-order valence-corrected chi connectivity index (χ0v) is 16.4. The maximum absolute atomic E-state index is 12.6. The number of nitrogens with zero attached hydrogens (tertiary/aromatic N) is 2. The third-order valence-corrected chi connectivity index (χ3v) is 5.57.